The number of hydrogen-bond donors (Lipinski definition) is 3. The fourth-order valence-corrected chi connectivity index (χ4v) is 7.94. The van der Waals surface area contributed by atoms with Crippen molar-refractivity contribution < 1.29 is 39.2 Å². The second kappa shape index (κ2) is 8.31. The number of aliphatic hydroxyl groups is 2. The van der Waals surface area contributed by atoms with Crippen LogP contribution < -0.4 is 0 Å². The summed E-state index contributed by atoms with van der Waals surface area (Å²) in [4.78, 5) is 48.6. The van der Waals surface area contributed by atoms with Crippen LogP contribution in [0.2, 0.25) is 0 Å². The van der Waals surface area contributed by atoms with Gasteiger partial charge in [0.25, 0.3) is 0 Å². The zero-order valence-electron chi connectivity index (χ0n) is 19.3. The topological polar surface area (TPSA) is 138 Å². The Balaban J connectivity index is 1.68. The largest absolute Gasteiger partial charge is 0.481 e. The van der Waals surface area contributed by atoms with Crippen molar-refractivity contribution in [1.82, 2.24) is 0 Å². The Bertz CT molecular complexity index is 908. The number of hydrogen-bond acceptors (Lipinski definition) is 7. The van der Waals surface area contributed by atoms with Gasteiger partial charge in [-0.15, -0.1) is 0 Å². The van der Waals surface area contributed by atoms with Crippen LogP contribution in [-0.2, 0) is 23.9 Å². The van der Waals surface area contributed by atoms with E-state index in [-0.39, 0.29) is 48.2 Å². The monoisotopic (exact) mass is 462 g/mol. The molecular weight excluding hydrogens is 428 g/mol. The van der Waals surface area contributed by atoms with Crippen molar-refractivity contribution in [2.24, 2.45) is 28.6 Å². The summed E-state index contributed by atoms with van der Waals surface area (Å²) < 4.78 is 5.77. The van der Waals surface area contributed by atoms with Crippen LogP contribution in [0.3, 0.4) is 0 Å². The average molecular weight is 463 g/mol. The van der Waals surface area contributed by atoms with E-state index in [1.807, 2.05) is 6.92 Å². The molecule has 0 aromatic heterocycles. The first-order valence-electron chi connectivity index (χ1n) is 12.0. The lowest BCUT2D eigenvalue weighted by molar-refractivity contribution is -0.202. The number of esters is 1. The number of Topliss-reactive ketones (excluding diaryl/α,β-unsaturated/α-hetero) is 1. The van der Waals surface area contributed by atoms with Crippen LogP contribution in [0.4, 0.5) is 0 Å². The third-order valence-electron chi connectivity index (χ3n) is 9.44. The molecule has 0 saturated heterocycles. The number of rotatable bonds is 6. The summed E-state index contributed by atoms with van der Waals surface area (Å²) in [6.07, 6.45) is 4.08. The van der Waals surface area contributed by atoms with Gasteiger partial charge in [-0.1, -0.05) is 19.4 Å². The van der Waals surface area contributed by atoms with E-state index in [0.29, 0.717) is 19.3 Å². The summed E-state index contributed by atoms with van der Waals surface area (Å²) in [5, 5.41) is 30.2. The summed E-state index contributed by atoms with van der Waals surface area (Å²) in [5.74, 6) is -2.31. The van der Waals surface area contributed by atoms with E-state index in [1.54, 1.807) is 6.08 Å². The highest BCUT2D eigenvalue weighted by Gasteiger charge is 2.70. The molecule has 3 N–H and O–H groups in total. The van der Waals surface area contributed by atoms with E-state index in [0.717, 1.165) is 18.4 Å². The Kier molecular flexibility index (Phi) is 6.06. The Labute approximate surface area is 193 Å². The van der Waals surface area contributed by atoms with Gasteiger partial charge in [0.1, 0.15) is 6.61 Å². The van der Waals surface area contributed by atoms with Gasteiger partial charge < -0.3 is 20.1 Å². The van der Waals surface area contributed by atoms with E-state index < -0.39 is 47.9 Å². The molecule has 33 heavy (non-hydrogen) atoms. The van der Waals surface area contributed by atoms with Crippen molar-refractivity contribution in [3.63, 3.8) is 0 Å². The maximum atomic E-state index is 13.1. The molecule has 4 aliphatic carbocycles. The fourth-order valence-electron chi connectivity index (χ4n) is 7.94. The van der Waals surface area contributed by atoms with Gasteiger partial charge >= 0.3 is 11.9 Å². The van der Waals surface area contributed by atoms with Crippen LogP contribution >= 0.6 is 0 Å². The van der Waals surface area contributed by atoms with Crippen molar-refractivity contribution in [1.29, 1.82) is 0 Å². The van der Waals surface area contributed by atoms with Crippen molar-refractivity contribution >= 4 is 23.5 Å². The van der Waals surface area contributed by atoms with Crippen LogP contribution in [0.15, 0.2) is 11.6 Å². The van der Waals surface area contributed by atoms with Crippen molar-refractivity contribution in [3.05, 3.63) is 11.6 Å². The number of allylic oxidation sites excluding steroid dienone is 1. The molecule has 3 saturated carbocycles. The standard InChI is InChI=1S/C25H34O8/c1-23-9-7-15(27)11-14(23)3-4-16-17-8-10-25(19(29)13-26,33-21(32)6-5-20(30)31)24(17,2)12-18(28)22(16)23/h11,16-18,22,26,28H,3-10,12-13H2,1-2H3,(H,30,31)/t16-,17-,18-,22+,23-,24-,25+/m0/s1. The molecule has 7 atom stereocenters. The third kappa shape index (κ3) is 3.57. The number of carbonyl (C=O) groups is 4. The zero-order chi connectivity index (χ0) is 24.2. The third-order valence-corrected chi connectivity index (χ3v) is 9.44. The van der Waals surface area contributed by atoms with Crippen LogP contribution in [0.5, 0.6) is 0 Å². The number of ether oxygens (including phenoxy) is 1. The molecule has 182 valence electrons. The number of carboxylic acid groups (broad SMARTS) is 1. The minimum absolute atomic E-state index is 0.00433. The quantitative estimate of drug-likeness (QED) is 0.511. The van der Waals surface area contributed by atoms with Crippen molar-refractivity contribution in [2.75, 3.05) is 6.61 Å². The van der Waals surface area contributed by atoms with Gasteiger partial charge in [-0.25, -0.2) is 0 Å². The lowest BCUT2D eigenvalue weighted by Gasteiger charge is -2.60. The van der Waals surface area contributed by atoms with Gasteiger partial charge in [-0.2, -0.15) is 0 Å². The average Bonchev–Trinajstić information content (AvgIpc) is 3.04. The Morgan fingerprint density at radius 2 is 1.85 bits per heavy atom. The highest BCUT2D eigenvalue weighted by Crippen LogP contribution is 2.68. The molecule has 3 fully saturated rings. The summed E-state index contributed by atoms with van der Waals surface area (Å²) in [6, 6.07) is 0. The van der Waals surface area contributed by atoms with Gasteiger partial charge in [-0.3, -0.25) is 19.2 Å². The van der Waals surface area contributed by atoms with Gasteiger partial charge in [0.05, 0.1) is 18.9 Å². The number of carboxylic acids is 1. The molecule has 0 unspecified atom stereocenters. The fraction of sp³-hybridized carbons (Fsp3) is 0.760. The Morgan fingerprint density at radius 3 is 2.52 bits per heavy atom. The van der Waals surface area contributed by atoms with E-state index in [4.69, 9.17) is 9.84 Å². The summed E-state index contributed by atoms with van der Waals surface area (Å²) in [7, 11) is 0. The highest BCUT2D eigenvalue weighted by atomic mass is 16.6. The van der Waals surface area contributed by atoms with Crippen LogP contribution in [0.1, 0.15) is 71.6 Å². The molecule has 0 heterocycles. The molecule has 0 aromatic carbocycles. The van der Waals surface area contributed by atoms with Gasteiger partial charge in [0.15, 0.2) is 11.4 Å². The predicted octanol–water partition coefficient (Wildman–Crippen LogP) is 2.20. The van der Waals surface area contributed by atoms with Gasteiger partial charge in [0, 0.05) is 11.8 Å². The molecule has 0 spiro atoms. The SMILES string of the molecule is C[C@]12CCC(=O)C=C1CC[C@@H]1[C@@H]2[C@@H](O)C[C@@]2(C)[C@H]1CC[C@@]2(OC(=O)CCC(=O)O)C(=O)CO. The van der Waals surface area contributed by atoms with E-state index in [1.165, 1.54) is 0 Å². The number of carbonyl (C=O) groups excluding carboxylic acids is 3. The minimum atomic E-state index is -1.58. The molecule has 0 aromatic rings. The Morgan fingerprint density at radius 1 is 1.12 bits per heavy atom. The summed E-state index contributed by atoms with van der Waals surface area (Å²) in [6.45, 7) is 3.23. The molecule has 0 radical (unpaired) electrons. The number of aliphatic hydroxyl groups excluding tert-OH is 2. The first kappa shape index (κ1) is 24.1. The molecule has 0 amide bonds. The molecule has 4 rings (SSSR count). The van der Waals surface area contributed by atoms with Crippen LogP contribution in [-0.4, -0.2) is 57.1 Å². The molecule has 0 aliphatic heterocycles. The smallest absolute Gasteiger partial charge is 0.307 e. The lowest BCUT2D eigenvalue weighted by Crippen LogP contribution is -2.63. The zero-order valence-corrected chi connectivity index (χ0v) is 19.3. The van der Waals surface area contributed by atoms with Gasteiger partial charge in [0.2, 0.25) is 5.78 Å². The second-order valence-corrected chi connectivity index (χ2v) is 10.9. The molecular formula is C25H34O8. The lowest BCUT2D eigenvalue weighted by atomic mass is 9.45. The normalized spacial score (nSPS) is 41.9. The molecule has 8 heteroatoms. The number of ketones is 2. The molecule has 4 aliphatic rings. The summed E-state index contributed by atoms with van der Waals surface area (Å²) in [5.41, 5.74) is -1.61. The maximum Gasteiger partial charge on any atom is 0.307 e. The van der Waals surface area contributed by atoms with Gasteiger partial charge in [-0.05, 0) is 67.8 Å². The second-order valence-electron chi connectivity index (χ2n) is 10.9. The highest BCUT2D eigenvalue weighted by molar-refractivity contribution is 5.93. The number of aliphatic carboxylic acids is 1. The van der Waals surface area contributed by atoms with E-state index in [2.05, 4.69) is 6.92 Å². The van der Waals surface area contributed by atoms with Crippen LogP contribution in [0, 0.1) is 28.6 Å². The van der Waals surface area contributed by atoms with Crippen LogP contribution in [0.25, 0.3) is 0 Å². The summed E-state index contributed by atoms with van der Waals surface area (Å²) >= 11 is 0. The maximum absolute atomic E-state index is 13.1. The molecule has 8 nitrogen and oxygen atoms in total. The first-order valence-corrected chi connectivity index (χ1v) is 12.0. The predicted molar refractivity (Wildman–Crippen MR) is 116 cm³/mol. The Hall–Kier alpha value is -2.06. The minimum Gasteiger partial charge on any atom is -0.481 e. The molecule has 0 bridgehead atoms. The van der Waals surface area contributed by atoms with E-state index in [9.17, 15) is 29.4 Å². The number of fused-ring (bicyclic) bond motifs is 5. The van der Waals surface area contributed by atoms with Crippen molar-refractivity contribution in [3.8, 4) is 0 Å². The van der Waals surface area contributed by atoms with Crippen molar-refractivity contribution in [2.45, 2.75) is 83.3 Å². The first-order chi connectivity index (χ1) is 15.5. The van der Waals surface area contributed by atoms with E-state index >= 15 is 0 Å².